The monoisotopic (exact) mass is 490 g/mol. The van der Waals surface area contributed by atoms with E-state index in [1.807, 2.05) is 20.9 Å². The minimum Gasteiger partial charge on any atom is -0.493 e. The average Bonchev–Trinajstić information content (AvgIpc) is 3.17. The molecule has 174 valence electrons. The Morgan fingerprint density at radius 2 is 1.76 bits per heavy atom. The average molecular weight is 491 g/mol. The molecule has 2 N–H and O–H groups in total. The molecule has 33 heavy (non-hydrogen) atoms. The summed E-state index contributed by atoms with van der Waals surface area (Å²) in [6.45, 7) is 5.05. The number of aromatic nitrogens is 1. The Kier molecular flexibility index (Phi) is 6.26. The zero-order valence-electron chi connectivity index (χ0n) is 18.7. The fourth-order valence-electron chi connectivity index (χ4n) is 4.32. The van der Waals surface area contributed by atoms with Crippen LogP contribution >= 0.6 is 23.2 Å². The Morgan fingerprint density at radius 3 is 2.30 bits per heavy atom. The molecule has 1 aromatic carbocycles. The highest BCUT2D eigenvalue weighted by molar-refractivity contribution is 6.39. The van der Waals surface area contributed by atoms with Crippen molar-refractivity contribution in [3.63, 3.8) is 0 Å². The highest BCUT2D eigenvalue weighted by Gasteiger charge is 2.35. The van der Waals surface area contributed by atoms with Crippen LogP contribution in [0.4, 0.5) is 0 Å². The molecule has 2 aromatic heterocycles. The number of piperazine rings is 1. The summed E-state index contributed by atoms with van der Waals surface area (Å²) < 4.78 is 11.4. The second-order valence-corrected chi connectivity index (χ2v) is 9.06. The summed E-state index contributed by atoms with van der Waals surface area (Å²) in [6.07, 6.45) is 2.89. The Bertz CT molecular complexity index is 1230. The van der Waals surface area contributed by atoms with Gasteiger partial charge in [0.15, 0.2) is 11.3 Å². The number of halogens is 2. The number of nitrogens with two attached hydrogens (primary N) is 1. The first kappa shape index (κ1) is 23.4. The zero-order valence-corrected chi connectivity index (χ0v) is 20.2. The van der Waals surface area contributed by atoms with Crippen LogP contribution in [0.2, 0.25) is 10.0 Å². The molecule has 10 heteroatoms. The van der Waals surface area contributed by atoms with Crippen LogP contribution in [0.25, 0.3) is 22.1 Å². The smallest absolute Gasteiger partial charge is 0.290 e. The number of likely N-dealkylation sites (N-methyl/N-ethyl adjacent to an activating group) is 1. The quantitative estimate of drug-likeness (QED) is 0.591. The van der Waals surface area contributed by atoms with Gasteiger partial charge in [-0.05, 0) is 38.6 Å². The van der Waals surface area contributed by atoms with Crippen molar-refractivity contribution >= 4 is 46.0 Å². The minimum absolute atomic E-state index is 0.0351. The van der Waals surface area contributed by atoms with E-state index >= 15 is 0 Å². The van der Waals surface area contributed by atoms with E-state index < -0.39 is 11.8 Å². The lowest BCUT2D eigenvalue weighted by Gasteiger charge is -2.42. The highest BCUT2D eigenvalue weighted by Crippen LogP contribution is 2.44. The first-order valence-electron chi connectivity index (χ1n) is 10.4. The number of carbonyl (C=O) groups excluding carboxylic acids is 2. The van der Waals surface area contributed by atoms with Crippen LogP contribution in [0, 0.1) is 0 Å². The van der Waals surface area contributed by atoms with E-state index in [1.165, 1.54) is 19.5 Å². The molecule has 3 aromatic rings. The lowest BCUT2D eigenvalue weighted by Crippen LogP contribution is -2.56. The molecule has 0 spiro atoms. The van der Waals surface area contributed by atoms with Gasteiger partial charge in [0.05, 0.1) is 22.7 Å². The van der Waals surface area contributed by atoms with E-state index in [4.69, 9.17) is 38.1 Å². The molecule has 0 saturated carbocycles. The lowest BCUT2D eigenvalue weighted by molar-refractivity contribution is 0.0389. The van der Waals surface area contributed by atoms with Gasteiger partial charge in [-0.25, -0.2) is 0 Å². The van der Waals surface area contributed by atoms with Gasteiger partial charge in [0.2, 0.25) is 5.76 Å². The van der Waals surface area contributed by atoms with Crippen LogP contribution in [-0.2, 0) is 0 Å². The largest absolute Gasteiger partial charge is 0.493 e. The number of primary amides is 1. The number of amides is 2. The molecule has 1 aliphatic heterocycles. The standard InChI is InChI=1S/C23H24Cl2N4O4/c1-11-9-29(10-12(2)28(11)3)23(31)21-19(22(26)30)18-13(5-6-16(32-4)20(18)33-21)17-14(24)7-27-8-15(17)25/h5-8,11-12H,9-10H2,1-4H3,(H2,26,30). The first-order valence-corrected chi connectivity index (χ1v) is 11.1. The third-order valence-electron chi connectivity index (χ3n) is 6.23. The van der Waals surface area contributed by atoms with E-state index in [1.54, 1.807) is 17.0 Å². The molecule has 0 aliphatic carbocycles. The first-order chi connectivity index (χ1) is 15.6. The third-order valence-corrected chi connectivity index (χ3v) is 6.81. The maximum absolute atomic E-state index is 13.6. The van der Waals surface area contributed by atoms with Crippen molar-refractivity contribution in [2.45, 2.75) is 25.9 Å². The van der Waals surface area contributed by atoms with Crippen molar-refractivity contribution in [3.8, 4) is 16.9 Å². The van der Waals surface area contributed by atoms with Gasteiger partial charge < -0.3 is 19.8 Å². The highest BCUT2D eigenvalue weighted by atomic mass is 35.5. The number of fused-ring (bicyclic) bond motifs is 1. The van der Waals surface area contributed by atoms with E-state index in [0.717, 1.165) is 0 Å². The molecule has 0 bridgehead atoms. The Balaban J connectivity index is 1.97. The summed E-state index contributed by atoms with van der Waals surface area (Å²) in [4.78, 5) is 34.1. The van der Waals surface area contributed by atoms with Crippen molar-refractivity contribution in [2.24, 2.45) is 5.73 Å². The predicted octanol–water partition coefficient (Wildman–Crippen LogP) is 4.07. The van der Waals surface area contributed by atoms with Crippen molar-refractivity contribution < 1.29 is 18.7 Å². The van der Waals surface area contributed by atoms with E-state index in [0.29, 0.717) is 35.4 Å². The molecular formula is C23H24Cl2N4O4. The number of nitrogens with zero attached hydrogens (tertiary/aromatic N) is 3. The number of benzene rings is 1. The Labute approximate surface area is 201 Å². The van der Waals surface area contributed by atoms with E-state index in [-0.39, 0.29) is 39.0 Å². The minimum atomic E-state index is -0.803. The van der Waals surface area contributed by atoms with Crippen LogP contribution in [0.3, 0.4) is 0 Å². The summed E-state index contributed by atoms with van der Waals surface area (Å²) >= 11 is 12.8. The summed E-state index contributed by atoms with van der Waals surface area (Å²) in [7, 11) is 3.49. The van der Waals surface area contributed by atoms with Crippen molar-refractivity contribution in [1.29, 1.82) is 0 Å². The number of rotatable bonds is 4. The van der Waals surface area contributed by atoms with Gasteiger partial charge in [-0.2, -0.15) is 0 Å². The molecule has 2 atom stereocenters. The fourth-order valence-corrected chi connectivity index (χ4v) is 4.89. The summed E-state index contributed by atoms with van der Waals surface area (Å²) in [6, 6.07) is 3.63. The zero-order chi connectivity index (χ0) is 24.0. The number of pyridine rings is 1. The van der Waals surface area contributed by atoms with E-state index in [2.05, 4.69) is 9.88 Å². The van der Waals surface area contributed by atoms with Crippen molar-refractivity contribution in [3.05, 3.63) is 45.9 Å². The molecule has 0 radical (unpaired) electrons. The summed E-state index contributed by atoms with van der Waals surface area (Å²) in [5.74, 6) is -1.000. The van der Waals surface area contributed by atoms with Gasteiger partial charge in [-0.3, -0.25) is 19.5 Å². The Morgan fingerprint density at radius 1 is 1.15 bits per heavy atom. The number of furan rings is 1. The lowest BCUT2D eigenvalue weighted by atomic mass is 9.97. The second-order valence-electron chi connectivity index (χ2n) is 8.24. The maximum Gasteiger partial charge on any atom is 0.290 e. The van der Waals surface area contributed by atoms with Crippen LogP contribution < -0.4 is 10.5 Å². The molecule has 4 rings (SSSR count). The Hall–Kier alpha value is -2.81. The number of ether oxygens (including phenoxy) is 1. The molecule has 1 saturated heterocycles. The van der Waals surface area contributed by atoms with Crippen LogP contribution in [0.5, 0.6) is 5.75 Å². The van der Waals surface area contributed by atoms with Gasteiger partial charge in [-0.1, -0.05) is 23.2 Å². The van der Waals surface area contributed by atoms with Crippen LogP contribution in [0.15, 0.2) is 28.9 Å². The molecular weight excluding hydrogens is 467 g/mol. The molecule has 2 unspecified atom stereocenters. The van der Waals surface area contributed by atoms with Gasteiger partial charge in [-0.15, -0.1) is 0 Å². The topological polar surface area (TPSA) is 102 Å². The second kappa shape index (κ2) is 8.85. The fraction of sp³-hybridized carbons (Fsp3) is 0.348. The summed E-state index contributed by atoms with van der Waals surface area (Å²) in [5.41, 5.74) is 6.90. The molecule has 1 fully saturated rings. The van der Waals surface area contributed by atoms with Crippen LogP contribution in [-0.4, -0.2) is 65.9 Å². The van der Waals surface area contributed by atoms with Gasteiger partial charge >= 0.3 is 0 Å². The van der Waals surface area contributed by atoms with Gasteiger partial charge in [0.25, 0.3) is 11.8 Å². The maximum atomic E-state index is 13.6. The van der Waals surface area contributed by atoms with E-state index in [9.17, 15) is 9.59 Å². The predicted molar refractivity (Wildman–Crippen MR) is 127 cm³/mol. The normalized spacial score (nSPS) is 19.2. The molecule has 2 amide bonds. The van der Waals surface area contributed by atoms with Gasteiger partial charge in [0.1, 0.15) is 0 Å². The van der Waals surface area contributed by atoms with Gasteiger partial charge in [0, 0.05) is 48.5 Å². The third kappa shape index (κ3) is 3.92. The SMILES string of the molecule is COc1ccc(-c2c(Cl)cncc2Cl)c2c(C(N)=O)c(C(=O)N3CC(C)N(C)C(C)C3)oc12. The van der Waals surface area contributed by atoms with Crippen molar-refractivity contribution in [2.75, 3.05) is 27.2 Å². The number of hydrogen-bond acceptors (Lipinski definition) is 6. The van der Waals surface area contributed by atoms with Crippen LogP contribution in [0.1, 0.15) is 34.8 Å². The number of carbonyl (C=O) groups is 2. The van der Waals surface area contributed by atoms with Crippen molar-refractivity contribution in [1.82, 2.24) is 14.8 Å². The number of methoxy groups -OCH3 is 1. The molecule has 1 aliphatic rings. The number of hydrogen-bond donors (Lipinski definition) is 1. The molecule has 3 heterocycles. The molecule has 8 nitrogen and oxygen atoms in total. The summed E-state index contributed by atoms with van der Waals surface area (Å²) in [5, 5.41) is 0.871.